The minimum Gasteiger partial charge on any atom is -0.507 e. The number of hydrogen-bond donors (Lipinski definition) is 2. The lowest BCUT2D eigenvalue weighted by molar-refractivity contribution is -0.132. The molecule has 2 heterocycles. The van der Waals surface area contributed by atoms with Gasteiger partial charge in [-0.25, -0.2) is 0 Å². The van der Waals surface area contributed by atoms with Crippen molar-refractivity contribution in [1.29, 1.82) is 0 Å². The number of aliphatic hydroxyl groups excluding tert-OH is 1. The Morgan fingerprint density at radius 2 is 1.77 bits per heavy atom. The number of amides is 1. The molecule has 9 nitrogen and oxygen atoms in total. The first-order chi connectivity index (χ1) is 19.3. The summed E-state index contributed by atoms with van der Waals surface area (Å²) < 4.78 is 11.4. The highest BCUT2D eigenvalue weighted by Crippen LogP contribution is 2.44. The van der Waals surface area contributed by atoms with Gasteiger partial charge in [0.2, 0.25) is 5.13 Å². The van der Waals surface area contributed by atoms with E-state index < -0.39 is 17.7 Å². The number of ketones is 1. The van der Waals surface area contributed by atoms with E-state index in [1.807, 2.05) is 31.2 Å². The summed E-state index contributed by atoms with van der Waals surface area (Å²) in [6.45, 7) is 6.20. The summed E-state index contributed by atoms with van der Waals surface area (Å²) >= 11 is 1.15. The monoisotopic (exact) mass is 557 g/mol. The summed E-state index contributed by atoms with van der Waals surface area (Å²) in [7, 11) is 0. The smallest absolute Gasteiger partial charge is 0.301 e. The molecule has 204 valence electrons. The lowest BCUT2D eigenvalue weighted by Crippen LogP contribution is -2.29. The van der Waals surface area contributed by atoms with E-state index in [4.69, 9.17) is 9.47 Å². The Labute approximate surface area is 235 Å². The van der Waals surface area contributed by atoms with Crippen LogP contribution in [-0.4, -0.2) is 38.7 Å². The quantitative estimate of drug-likeness (QED) is 0.166. The second-order valence-corrected chi connectivity index (χ2v) is 10.4. The number of phenolic OH excluding ortho intramolecular Hbond substituents is 1. The Morgan fingerprint density at radius 1 is 1.00 bits per heavy atom. The number of aromatic hydroxyl groups is 1. The molecule has 1 atom stereocenters. The Balaban J connectivity index is 1.53. The average Bonchev–Trinajstić information content (AvgIpc) is 3.48. The Hall–Kier alpha value is -4.70. The van der Waals surface area contributed by atoms with Crippen molar-refractivity contribution in [1.82, 2.24) is 10.2 Å². The maximum atomic E-state index is 13.4. The number of phenols is 1. The van der Waals surface area contributed by atoms with Crippen LogP contribution in [-0.2, 0) is 16.2 Å². The van der Waals surface area contributed by atoms with Gasteiger partial charge in [0.25, 0.3) is 5.78 Å². The molecule has 40 heavy (non-hydrogen) atoms. The number of nitrogens with zero attached hydrogens (tertiary/aromatic N) is 3. The molecule has 2 N–H and O–H groups in total. The molecule has 1 amide bonds. The predicted molar refractivity (Wildman–Crippen MR) is 151 cm³/mol. The second kappa shape index (κ2) is 11.2. The first-order valence-electron chi connectivity index (χ1n) is 12.6. The van der Waals surface area contributed by atoms with Crippen LogP contribution in [0.3, 0.4) is 0 Å². The van der Waals surface area contributed by atoms with Gasteiger partial charge in [0.05, 0.1) is 18.2 Å². The maximum Gasteiger partial charge on any atom is 0.301 e. The number of carbonyl (C=O) groups is 2. The van der Waals surface area contributed by atoms with E-state index in [1.54, 1.807) is 50.2 Å². The Bertz CT molecular complexity index is 1610. The molecule has 0 spiro atoms. The first-order valence-corrected chi connectivity index (χ1v) is 13.4. The zero-order valence-corrected chi connectivity index (χ0v) is 22.9. The largest absolute Gasteiger partial charge is 0.507 e. The van der Waals surface area contributed by atoms with Crippen molar-refractivity contribution >= 4 is 33.9 Å². The maximum absolute atomic E-state index is 13.4. The third kappa shape index (κ3) is 5.26. The van der Waals surface area contributed by atoms with E-state index in [1.165, 1.54) is 11.0 Å². The molecule has 1 unspecified atom stereocenters. The number of rotatable bonds is 8. The van der Waals surface area contributed by atoms with Gasteiger partial charge in [0.1, 0.15) is 23.1 Å². The van der Waals surface area contributed by atoms with Gasteiger partial charge in [-0.05, 0) is 68.3 Å². The van der Waals surface area contributed by atoms with E-state index in [-0.39, 0.29) is 28.0 Å². The predicted octanol–water partition coefficient (Wildman–Crippen LogP) is 5.46. The lowest BCUT2D eigenvalue weighted by atomic mass is 9.95. The standard InChI is InChI=1S/C30H27N3O6S/c1-4-38-24-15-21(10-13-23(24)34)26-25(28(36)29(37)33(26)30-32-31-18(3)40-30)27(35)20-8-11-22(12-9-20)39-16-19-7-5-6-17(2)14-19/h5-15,26,34-35H,4,16H2,1-3H3/b27-25-. The van der Waals surface area contributed by atoms with Crippen LogP contribution in [0.15, 0.2) is 72.3 Å². The third-order valence-corrected chi connectivity index (χ3v) is 7.22. The van der Waals surface area contributed by atoms with Gasteiger partial charge in [0.15, 0.2) is 11.5 Å². The molecule has 4 aromatic rings. The number of hydrogen-bond acceptors (Lipinski definition) is 9. The summed E-state index contributed by atoms with van der Waals surface area (Å²) in [6.07, 6.45) is 0. The van der Waals surface area contributed by atoms with E-state index in [2.05, 4.69) is 10.2 Å². The van der Waals surface area contributed by atoms with Crippen molar-refractivity contribution in [2.45, 2.75) is 33.4 Å². The van der Waals surface area contributed by atoms with Crippen LogP contribution in [0.1, 0.15) is 40.2 Å². The van der Waals surface area contributed by atoms with Crippen molar-refractivity contribution in [2.75, 3.05) is 11.5 Å². The van der Waals surface area contributed by atoms with Crippen molar-refractivity contribution < 1.29 is 29.3 Å². The van der Waals surface area contributed by atoms with E-state index in [0.717, 1.165) is 22.5 Å². The van der Waals surface area contributed by atoms with E-state index >= 15 is 0 Å². The van der Waals surface area contributed by atoms with Gasteiger partial charge >= 0.3 is 5.91 Å². The second-order valence-electron chi connectivity index (χ2n) is 9.24. The molecule has 0 saturated carbocycles. The number of Topliss-reactive ketones (excluding diaryl/α,β-unsaturated/α-hetero) is 1. The number of ether oxygens (including phenoxy) is 2. The summed E-state index contributed by atoms with van der Waals surface area (Å²) in [5.74, 6) is -1.36. The van der Waals surface area contributed by atoms with E-state index in [9.17, 15) is 19.8 Å². The Kier molecular flexibility index (Phi) is 7.52. The SMILES string of the molecule is CCOc1cc(C2/C(=C(/O)c3ccc(OCc4cccc(C)c4)cc3)C(=O)C(=O)N2c2nnc(C)s2)ccc1O. The van der Waals surface area contributed by atoms with Crippen molar-refractivity contribution in [2.24, 2.45) is 0 Å². The molecule has 0 radical (unpaired) electrons. The fourth-order valence-electron chi connectivity index (χ4n) is 4.53. The molecule has 10 heteroatoms. The highest BCUT2D eigenvalue weighted by atomic mass is 32.1. The van der Waals surface area contributed by atoms with Crippen LogP contribution >= 0.6 is 11.3 Å². The Morgan fingerprint density at radius 3 is 2.45 bits per heavy atom. The van der Waals surface area contributed by atoms with Crippen LogP contribution in [0, 0.1) is 13.8 Å². The zero-order chi connectivity index (χ0) is 28.4. The van der Waals surface area contributed by atoms with Crippen LogP contribution in [0.25, 0.3) is 5.76 Å². The first kappa shape index (κ1) is 26.9. The fraction of sp³-hybridized carbons (Fsp3) is 0.200. The molecular weight excluding hydrogens is 530 g/mol. The van der Waals surface area contributed by atoms with Crippen molar-refractivity contribution in [3.05, 3.63) is 99.6 Å². The normalized spacial score (nSPS) is 16.4. The number of benzene rings is 3. The number of aliphatic hydroxyl groups is 1. The summed E-state index contributed by atoms with van der Waals surface area (Å²) in [6, 6.07) is 18.2. The molecule has 0 bridgehead atoms. The van der Waals surface area contributed by atoms with Gasteiger partial charge in [-0.2, -0.15) is 0 Å². The number of anilines is 1. The van der Waals surface area contributed by atoms with Gasteiger partial charge in [-0.15, -0.1) is 10.2 Å². The number of carbonyl (C=O) groups excluding carboxylic acids is 2. The topological polar surface area (TPSA) is 122 Å². The van der Waals surface area contributed by atoms with Crippen LogP contribution < -0.4 is 14.4 Å². The van der Waals surface area contributed by atoms with Crippen LogP contribution in [0.4, 0.5) is 5.13 Å². The number of aromatic nitrogens is 2. The zero-order valence-electron chi connectivity index (χ0n) is 22.1. The van der Waals surface area contributed by atoms with Crippen molar-refractivity contribution in [3.8, 4) is 17.2 Å². The molecule has 0 aliphatic carbocycles. The minimum atomic E-state index is -1.02. The molecule has 1 aliphatic rings. The molecule has 1 aromatic heterocycles. The summed E-state index contributed by atoms with van der Waals surface area (Å²) in [4.78, 5) is 27.9. The van der Waals surface area contributed by atoms with Gasteiger partial charge in [-0.3, -0.25) is 14.5 Å². The molecule has 3 aromatic carbocycles. The highest BCUT2D eigenvalue weighted by molar-refractivity contribution is 7.15. The molecule has 1 saturated heterocycles. The molecule has 1 aliphatic heterocycles. The highest BCUT2D eigenvalue weighted by Gasteiger charge is 2.48. The lowest BCUT2D eigenvalue weighted by Gasteiger charge is -2.23. The molecule has 5 rings (SSSR count). The van der Waals surface area contributed by atoms with Crippen LogP contribution in [0.2, 0.25) is 0 Å². The van der Waals surface area contributed by atoms with E-state index in [0.29, 0.717) is 35.1 Å². The van der Waals surface area contributed by atoms with Crippen LogP contribution in [0.5, 0.6) is 17.2 Å². The van der Waals surface area contributed by atoms with Crippen molar-refractivity contribution in [3.63, 3.8) is 0 Å². The number of aryl methyl sites for hydroxylation is 2. The minimum absolute atomic E-state index is 0.0874. The third-order valence-electron chi connectivity index (χ3n) is 6.38. The molecular formula is C30H27N3O6S. The van der Waals surface area contributed by atoms with Gasteiger partial charge in [0, 0.05) is 5.56 Å². The fourth-order valence-corrected chi connectivity index (χ4v) is 5.25. The van der Waals surface area contributed by atoms with Gasteiger partial charge < -0.3 is 19.7 Å². The average molecular weight is 558 g/mol. The summed E-state index contributed by atoms with van der Waals surface area (Å²) in [5, 5.41) is 30.5. The molecule has 1 fully saturated rings. The van der Waals surface area contributed by atoms with Gasteiger partial charge in [-0.1, -0.05) is 47.2 Å². The summed E-state index contributed by atoms with van der Waals surface area (Å²) in [5.41, 5.74) is 2.84.